The monoisotopic (exact) mass is 744 g/mol. The molecule has 15 heteroatoms. The smallest absolute Gasteiger partial charge is 0.454 e. The van der Waals surface area contributed by atoms with Crippen LogP contribution in [0.4, 0.5) is 14.4 Å². The van der Waals surface area contributed by atoms with Gasteiger partial charge in [-0.2, -0.15) is 0 Å². The van der Waals surface area contributed by atoms with Crippen LogP contribution in [0.5, 0.6) is 0 Å². The lowest BCUT2D eigenvalue weighted by Gasteiger charge is -2.05. The highest BCUT2D eigenvalue weighted by molar-refractivity contribution is 6.93. The van der Waals surface area contributed by atoms with E-state index in [9.17, 15) is 9.59 Å². The molecule has 9 nitrogen and oxygen atoms in total. The van der Waals surface area contributed by atoms with Gasteiger partial charge in [0.1, 0.15) is 0 Å². The second-order valence-electron chi connectivity index (χ2n) is 8.47. The lowest BCUT2D eigenvalue weighted by Crippen LogP contribution is -2.09. The van der Waals surface area contributed by atoms with Crippen LogP contribution in [0.3, 0.4) is 0 Å². The number of halogens is 6. The minimum Gasteiger partial charge on any atom is -0.454 e. The summed E-state index contributed by atoms with van der Waals surface area (Å²) in [6.07, 6.45) is 17.5. The van der Waals surface area contributed by atoms with Gasteiger partial charge in [-0.15, -0.1) is 0 Å². The molecule has 262 valence electrons. The van der Waals surface area contributed by atoms with Crippen LogP contribution in [0, 0.1) is 9.93 Å². The van der Waals surface area contributed by atoms with Crippen molar-refractivity contribution in [1.29, 1.82) is 0 Å². The molecule has 0 unspecified atom stereocenters. The van der Waals surface area contributed by atoms with E-state index in [1.807, 2.05) is 0 Å². The van der Waals surface area contributed by atoms with Gasteiger partial charge >= 0.3 is 16.3 Å². The summed E-state index contributed by atoms with van der Waals surface area (Å²) < 4.78 is 12.7. The fraction of sp³-hybridized carbons (Fsp3) is 0.893. The molecule has 0 fully saturated rings. The lowest BCUT2D eigenvalue weighted by molar-refractivity contribution is 0.0529. The summed E-state index contributed by atoms with van der Waals surface area (Å²) in [5.41, 5.74) is -0.698. The van der Waals surface area contributed by atoms with E-state index in [1.54, 1.807) is 0 Å². The SMILES string of the molecule is CCCCCCO.CCCCCCOC(=O)Cl.CCCCCCOC(=O)OCCCCCC.ClC(Cl)Cl.O=C(Cl)Cl.O=O. The second-order valence-corrected chi connectivity index (χ2v) is 11.6. The van der Waals surface area contributed by atoms with Gasteiger partial charge in [-0.3, -0.25) is 4.79 Å². The number of aliphatic hydroxyl groups excluding tert-OH is 1. The molecule has 0 aliphatic carbocycles. The van der Waals surface area contributed by atoms with Gasteiger partial charge in [0.05, 0.1) is 19.8 Å². The summed E-state index contributed by atoms with van der Waals surface area (Å²) in [4.78, 5) is 44.1. The molecule has 0 atom stereocenters. The summed E-state index contributed by atoms with van der Waals surface area (Å²) >= 11 is 28.1. The lowest BCUT2D eigenvalue weighted by atomic mass is 10.2. The molecule has 0 rings (SSSR count). The van der Waals surface area contributed by atoms with Gasteiger partial charge in [-0.05, 0) is 48.9 Å². The topological polar surface area (TPSA) is 133 Å². The fourth-order valence-electron chi connectivity index (χ4n) is 2.63. The normalized spacial score (nSPS) is 9.02. The number of rotatable bonds is 19. The van der Waals surface area contributed by atoms with Crippen molar-refractivity contribution in [2.45, 2.75) is 135 Å². The van der Waals surface area contributed by atoms with E-state index in [-0.39, 0.29) is 0 Å². The van der Waals surface area contributed by atoms with Crippen molar-refractivity contribution in [1.82, 2.24) is 0 Å². The molecule has 0 aromatic carbocycles. The summed E-state index contributed by atoms with van der Waals surface area (Å²) in [6.45, 7) is 10.4. The maximum Gasteiger partial charge on any atom is 0.508 e. The molecular formula is C28H54Cl6O9. The van der Waals surface area contributed by atoms with E-state index in [1.165, 1.54) is 57.8 Å². The maximum atomic E-state index is 11.1. The Bertz CT molecular complexity index is 508. The Kier molecular flexibility index (Phi) is 73.6. The molecular weight excluding hydrogens is 693 g/mol. The summed E-state index contributed by atoms with van der Waals surface area (Å²) in [6, 6.07) is 0. The number of unbranched alkanes of at least 4 members (excludes halogenated alkanes) is 12. The first kappa shape index (κ1) is 55.1. The molecule has 0 aromatic rings. The highest BCUT2D eigenvalue weighted by Crippen LogP contribution is 2.04. The summed E-state index contributed by atoms with van der Waals surface area (Å²) in [5.74, 6) is 0. The van der Waals surface area contributed by atoms with E-state index in [2.05, 4.69) is 55.6 Å². The predicted octanol–water partition coefficient (Wildman–Crippen LogP) is 12.4. The van der Waals surface area contributed by atoms with Gasteiger partial charge in [0.15, 0.2) is 4.30 Å². The Morgan fingerprint density at radius 3 is 1.02 bits per heavy atom. The molecule has 0 aliphatic rings. The van der Waals surface area contributed by atoms with Crippen molar-refractivity contribution in [3.05, 3.63) is 9.93 Å². The minimum absolute atomic E-state index is 0.361. The number of carbonyl (C=O) groups is 3. The summed E-state index contributed by atoms with van der Waals surface area (Å²) in [5, 5.41) is 8.29. The Hall–Kier alpha value is -0.290. The molecule has 0 saturated heterocycles. The largest absolute Gasteiger partial charge is 0.508 e. The van der Waals surface area contributed by atoms with Crippen LogP contribution in [-0.2, 0) is 14.2 Å². The highest BCUT2D eigenvalue weighted by Gasteiger charge is 2.02. The Balaban J connectivity index is -0.000000109. The Morgan fingerprint density at radius 2 is 0.791 bits per heavy atom. The average molecular weight is 747 g/mol. The number of hydrogen-bond donors (Lipinski definition) is 1. The highest BCUT2D eigenvalue weighted by atomic mass is 35.6. The number of hydrogen-bond acceptors (Lipinski definition) is 9. The average Bonchev–Trinajstić information content (AvgIpc) is 2.94. The van der Waals surface area contributed by atoms with E-state index >= 15 is 0 Å². The first-order valence-electron chi connectivity index (χ1n) is 14.6. The Labute approximate surface area is 289 Å². The van der Waals surface area contributed by atoms with Gasteiger partial charge in [-0.25, -0.2) is 9.59 Å². The molecule has 0 bridgehead atoms. The van der Waals surface area contributed by atoms with Crippen LogP contribution in [0.2, 0.25) is 0 Å². The van der Waals surface area contributed by atoms with Crippen molar-refractivity contribution in [3.8, 4) is 0 Å². The van der Waals surface area contributed by atoms with E-state index in [4.69, 9.17) is 75.7 Å². The van der Waals surface area contributed by atoms with Crippen LogP contribution in [0.15, 0.2) is 0 Å². The van der Waals surface area contributed by atoms with Crippen molar-refractivity contribution in [3.63, 3.8) is 0 Å². The van der Waals surface area contributed by atoms with Crippen molar-refractivity contribution in [2.24, 2.45) is 0 Å². The third-order valence-corrected chi connectivity index (χ3v) is 4.77. The third-order valence-electron chi connectivity index (χ3n) is 4.66. The molecule has 0 heterocycles. The standard InChI is InChI=1S/C13H26O3.C7H13ClO2.C6H14O.CHCl3.CCl2O.O2/c1-3-5-7-9-11-15-13(14)16-12-10-8-6-4-2;1-2-3-4-5-6-10-7(8)9;1-2-3-4-5-6-7;2*2-1(3)4;1-2/h3-12H2,1-2H3;2-6H2,1H3;7H,2-6H2,1H3;1H;;. The van der Waals surface area contributed by atoms with Crippen LogP contribution in [0.1, 0.15) is 130 Å². The molecule has 0 spiro atoms. The third kappa shape index (κ3) is 108. The van der Waals surface area contributed by atoms with E-state index in [0.717, 1.165) is 44.9 Å². The van der Waals surface area contributed by atoms with Crippen LogP contribution >= 0.6 is 69.6 Å². The Morgan fingerprint density at radius 1 is 0.535 bits per heavy atom. The van der Waals surface area contributed by atoms with Crippen LogP contribution in [0.25, 0.3) is 0 Å². The molecule has 0 aliphatic heterocycles. The number of aliphatic hydroxyl groups is 1. The van der Waals surface area contributed by atoms with Gasteiger partial charge in [0.25, 0.3) is 0 Å². The molecule has 0 saturated carbocycles. The molecule has 0 aromatic heterocycles. The zero-order chi connectivity index (χ0) is 34.6. The van der Waals surface area contributed by atoms with Gasteiger partial charge in [0, 0.05) is 28.1 Å². The number of alkyl halides is 3. The molecule has 43 heavy (non-hydrogen) atoms. The summed E-state index contributed by atoms with van der Waals surface area (Å²) in [7, 11) is 0. The molecule has 0 radical (unpaired) electrons. The van der Waals surface area contributed by atoms with Crippen molar-refractivity contribution >= 4 is 85.9 Å². The van der Waals surface area contributed by atoms with Crippen LogP contribution < -0.4 is 0 Å². The number of carbonyl (C=O) groups excluding carboxylic acids is 3. The van der Waals surface area contributed by atoms with Gasteiger partial charge in [0.2, 0.25) is 0 Å². The number of ether oxygens (including phenoxy) is 3. The van der Waals surface area contributed by atoms with Crippen LogP contribution in [-0.4, -0.2) is 52.1 Å². The van der Waals surface area contributed by atoms with E-state index in [0.29, 0.717) is 26.4 Å². The van der Waals surface area contributed by atoms with Crippen molar-refractivity contribution in [2.75, 3.05) is 26.4 Å². The van der Waals surface area contributed by atoms with Gasteiger partial charge in [-0.1, -0.05) is 140 Å². The second kappa shape index (κ2) is 57.4. The van der Waals surface area contributed by atoms with Crippen molar-refractivity contribution < 1.29 is 33.7 Å². The minimum atomic E-state index is -0.889. The maximum absolute atomic E-state index is 11.1. The first-order valence-corrected chi connectivity index (χ1v) is 17.1. The van der Waals surface area contributed by atoms with Gasteiger partial charge < -0.3 is 19.3 Å². The zero-order valence-corrected chi connectivity index (χ0v) is 30.7. The quantitative estimate of drug-likeness (QED) is 0.0593. The predicted molar refractivity (Wildman–Crippen MR) is 183 cm³/mol. The molecule has 1 N–H and O–H groups in total. The molecule has 0 amide bonds. The first-order chi connectivity index (χ1) is 20.5. The zero-order valence-electron chi connectivity index (χ0n) is 26.2. The van der Waals surface area contributed by atoms with E-state index < -0.39 is 20.6 Å². The fourth-order valence-corrected chi connectivity index (χ4v) is 2.71.